The van der Waals surface area contributed by atoms with Crippen LogP contribution in [-0.2, 0) is 17.6 Å². The minimum Gasteiger partial charge on any atom is -0.372 e. The largest absolute Gasteiger partial charge is 0.372 e. The van der Waals surface area contributed by atoms with Gasteiger partial charge in [-0.05, 0) is 55.2 Å². The first kappa shape index (κ1) is 20.5. The van der Waals surface area contributed by atoms with Crippen LogP contribution in [0.1, 0.15) is 48.3 Å². The lowest BCUT2D eigenvalue weighted by Gasteiger charge is -2.29. The zero-order valence-corrected chi connectivity index (χ0v) is 18.9. The lowest BCUT2D eigenvalue weighted by Crippen LogP contribution is -2.41. The fraction of sp³-hybridized carbons (Fsp3) is 0.444. The van der Waals surface area contributed by atoms with Gasteiger partial charge in [-0.25, -0.2) is 9.97 Å². The van der Waals surface area contributed by atoms with Gasteiger partial charge in [-0.3, -0.25) is 4.79 Å². The Kier molecular flexibility index (Phi) is 5.16. The van der Waals surface area contributed by atoms with E-state index in [4.69, 9.17) is 15.7 Å². The molecule has 33 heavy (non-hydrogen) atoms. The van der Waals surface area contributed by atoms with E-state index in [2.05, 4.69) is 58.8 Å². The van der Waals surface area contributed by atoms with Crippen molar-refractivity contribution in [3.05, 3.63) is 65.1 Å². The molecule has 4 aliphatic rings. The Morgan fingerprint density at radius 2 is 1.85 bits per heavy atom. The second-order valence-corrected chi connectivity index (χ2v) is 9.89. The predicted octanol–water partition coefficient (Wildman–Crippen LogP) is 3.71. The molecule has 2 aromatic rings. The minimum atomic E-state index is -0.223. The summed E-state index contributed by atoms with van der Waals surface area (Å²) in [7, 11) is 0. The summed E-state index contributed by atoms with van der Waals surface area (Å²) in [5.74, 6) is 1.83. The van der Waals surface area contributed by atoms with Crippen LogP contribution in [-0.4, -0.2) is 35.0 Å². The van der Waals surface area contributed by atoms with E-state index in [-0.39, 0.29) is 23.8 Å². The topological polar surface area (TPSA) is 84.1 Å². The number of primary amides is 1. The standard InChI is InChI=1S/C27H31N5O/c28-26(33)24-18-9-10-19(16-18)25(24)31-27-21-5-4-6-22(21)29-23(30-27)15-17-7-11-20(12-8-17)32-13-2-1-3-14-32/h4-5,7-12,18-19,24-25H,1-3,6,13-16H2,(H2,28,33)(H,29,30,31). The highest BCUT2D eigenvalue weighted by Crippen LogP contribution is 2.45. The van der Waals surface area contributed by atoms with Gasteiger partial charge in [0.15, 0.2) is 0 Å². The van der Waals surface area contributed by atoms with Crippen LogP contribution in [0.4, 0.5) is 11.5 Å². The van der Waals surface area contributed by atoms with Crippen molar-refractivity contribution < 1.29 is 4.79 Å². The van der Waals surface area contributed by atoms with E-state index in [0.29, 0.717) is 12.3 Å². The van der Waals surface area contributed by atoms with Gasteiger partial charge in [-0.1, -0.05) is 36.4 Å². The number of benzene rings is 1. The number of carbonyl (C=O) groups excluding carboxylic acids is 1. The number of fused-ring (bicyclic) bond motifs is 3. The molecule has 1 aromatic heterocycles. The van der Waals surface area contributed by atoms with E-state index < -0.39 is 0 Å². The highest BCUT2D eigenvalue weighted by molar-refractivity contribution is 5.80. The van der Waals surface area contributed by atoms with Crippen LogP contribution in [0.3, 0.4) is 0 Å². The zero-order valence-electron chi connectivity index (χ0n) is 18.9. The van der Waals surface area contributed by atoms with Crippen molar-refractivity contribution in [3.63, 3.8) is 0 Å². The number of carbonyl (C=O) groups is 1. The van der Waals surface area contributed by atoms with Crippen molar-refractivity contribution in [1.29, 1.82) is 0 Å². The zero-order chi connectivity index (χ0) is 22.4. The molecule has 1 aliphatic heterocycles. The maximum atomic E-state index is 12.2. The molecular formula is C27H31N5O. The Labute approximate surface area is 195 Å². The third-order valence-corrected chi connectivity index (χ3v) is 7.78. The van der Waals surface area contributed by atoms with Gasteiger partial charge in [0.25, 0.3) is 0 Å². The van der Waals surface area contributed by atoms with Gasteiger partial charge >= 0.3 is 0 Å². The first-order valence-electron chi connectivity index (χ1n) is 12.3. The van der Waals surface area contributed by atoms with Crippen LogP contribution in [0.15, 0.2) is 42.5 Å². The maximum Gasteiger partial charge on any atom is 0.223 e. The van der Waals surface area contributed by atoms with E-state index >= 15 is 0 Å². The average Bonchev–Trinajstić information content (AvgIpc) is 3.56. The predicted molar refractivity (Wildman–Crippen MR) is 131 cm³/mol. The highest BCUT2D eigenvalue weighted by atomic mass is 16.1. The number of nitrogens with zero attached hydrogens (tertiary/aromatic N) is 3. The van der Waals surface area contributed by atoms with Crippen LogP contribution in [0.25, 0.3) is 6.08 Å². The highest BCUT2D eigenvalue weighted by Gasteiger charge is 2.47. The monoisotopic (exact) mass is 441 g/mol. The minimum absolute atomic E-state index is 0.00202. The van der Waals surface area contributed by atoms with E-state index in [1.54, 1.807) is 0 Å². The van der Waals surface area contributed by atoms with Gasteiger partial charge in [-0.2, -0.15) is 0 Å². The van der Waals surface area contributed by atoms with Crippen molar-refractivity contribution in [2.45, 2.75) is 44.6 Å². The summed E-state index contributed by atoms with van der Waals surface area (Å²) < 4.78 is 0. The third-order valence-electron chi connectivity index (χ3n) is 7.78. The molecule has 1 saturated carbocycles. The quantitative estimate of drug-likeness (QED) is 0.668. The number of nitrogens with two attached hydrogens (primary N) is 1. The van der Waals surface area contributed by atoms with Crippen LogP contribution < -0.4 is 16.0 Å². The summed E-state index contributed by atoms with van der Waals surface area (Å²) in [4.78, 5) is 24.5. The van der Waals surface area contributed by atoms with Gasteiger partial charge in [0.1, 0.15) is 11.6 Å². The van der Waals surface area contributed by atoms with Gasteiger partial charge in [0.05, 0.1) is 11.6 Å². The van der Waals surface area contributed by atoms with E-state index in [0.717, 1.165) is 48.8 Å². The van der Waals surface area contributed by atoms with Crippen molar-refractivity contribution in [1.82, 2.24) is 9.97 Å². The summed E-state index contributed by atoms with van der Waals surface area (Å²) in [6.45, 7) is 2.31. The summed E-state index contributed by atoms with van der Waals surface area (Å²) in [5, 5.41) is 3.62. The molecule has 4 atom stereocenters. The molecule has 1 aromatic carbocycles. The lowest BCUT2D eigenvalue weighted by atomic mass is 9.88. The molecule has 6 nitrogen and oxygen atoms in total. The van der Waals surface area contributed by atoms with E-state index in [1.807, 2.05) is 0 Å². The molecule has 1 amide bonds. The molecule has 6 heteroatoms. The molecular weight excluding hydrogens is 410 g/mol. The SMILES string of the molecule is NC(=O)C1C2C=CC(C2)C1Nc1nc(Cc2ccc(N3CCCCC3)cc2)nc2c1C=CC2. The Balaban J connectivity index is 1.23. The van der Waals surface area contributed by atoms with Crippen molar-refractivity contribution >= 4 is 23.5 Å². The summed E-state index contributed by atoms with van der Waals surface area (Å²) in [6, 6.07) is 8.87. The summed E-state index contributed by atoms with van der Waals surface area (Å²) in [6.07, 6.45) is 15.0. The van der Waals surface area contributed by atoms with Crippen LogP contribution in [0, 0.1) is 17.8 Å². The maximum absolute atomic E-state index is 12.2. The molecule has 3 N–H and O–H groups in total. The Hall–Kier alpha value is -3.15. The molecule has 2 bridgehead atoms. The van der Waals surface area contributed by atoms with Crippen LogP contribution >= 0.6 is 0 Å². The first-order chi connectivity index (χ1) is 16.2. The molecule has 2 heterocycles. The Morgan fingerprint density at radius 3 is 2.64 bits per heavy atom. The Morgan fingerprint density at radius 1 is 1.06 bits per heavy atom. The van der Waals surface area contributed by atoms with Gasteiger partial charge in [0.2, 0.25) is 5.91 Å². The smallest absolute Gasteiger partial charge is 0.223 e. The van der Waals surface area contributed by atoms with E-state index in [1.165, 1.54) is 30.5 Å². The van der Waals surface area contributed by atoms with Crippen molar-refractivity contribution in [2.75, 3.05) is 23.3 Å². The fourth-order valence-electron chi connectivity index (χ4n) is 6.10. The number of allylic oxidation sites excluding steroid dienone is 2. The molecule has 0 radical (unpaired) electrons. The van der Waals surface area contributed by atoms with Crippen LogP contribution in [0.2, 0.25) is 0 Å². The molecule has 2 fully saturated rings. The number of rotatable bonds is 6. The number of hydrogen-bond donors (Lipinski definition) is 2. The third kappa shape index (κ3) is 3.81. The first-order valence-corrected chi connectivity index (χ1v) is 12.3. The molecule has 1 saturated heterocycles. The molecule has 3 aliphatic carbocycles. The van der Waals surface area contributed by atoms with Crippen molar-refractivity contribution in [3.8, 4) is 0 Å². The number of anilines is 2. The molecule has 6 rings (SSSR count). The summed E-state index contributed by atoms with van der Waals surface area (Å²) >= 11 is 0. The molecule has 4 unspecified atom stereocenters. The molecule has 0 spiro atoms. The lowest BCUT2D eigenvalue weighted by molar-refractivity contribution is -0.122. The van der Waals surface area contributed by atoms with Crippen LogP contribution in [0.5, 0.6) is 0 Å². The number of aromatic nitrogens is 2. The molecule has 170 valence electrons. The van der Waals surface area contributed by atoms with E-state index in [9.17, 15) is 4.79 Å². The normalized spacial score (nSPS) is 27.2. The second kappa shape index (κ2) is 8.32. The second-order valence-electron chi connectivity index (χ2n) is 9.89. The Bertz CT molecular complexity index is 1120. The van der Waals surface area contributed by atoms with Gasteiger partial charge in [-0.15, -0.1) is 0 Å². The van der Waals surface area contributed by atoms with Gasteiger partial charge in [0, 0.05) is 43.2 Å². The number of nitrogens with one attached hydrogen (secondary N) is 1. The fourth-order valence-corrected chi connectivity index (χ4v) is 6.10. The van der Waals surface area contributed by atoms with Crippen molar-refractivity contribution in [2.24, 2.45) is 23.5 Å². The number of piperidine rings is 1. The summed E-state index contributed by atoms with van der Waals surface area (Å²) in [5.41, 5.74) is 10.4. The number of hydrogen-bond acceptors (Lipinski definition) is 5. The number of amides is 1. The van der Waals surface area contributed by atoms with Gasteiger partial charge < -0.3 is 16.0 Å². The average molecular weight is 442 g/mol.